The van der Waals surface area contributed by atoms with Crippen LogP contribution in [0, 0.1) is 12.3 Å². The normalized spacial score (nSPS) is 10.1. The van der Waals surface area contributed by atoms with Gasteiger partial charge < -0.3 is 15.9 Å². The van der Waals surface area contributed by atoms with Gasteiger partial charge in [-0.25, -0.2) is 4.68 Å². The van der Waals surface area contributed by atoms with Crippen LogP contribution in [0.1, 0.15) is 5.82 Å². The van der Waals surface area contributed by atoms with Crippen LogP contribution in [0.5, 0.6) is 5.75 Å². The molecule has 0 saturated heterocycles. The van der Waals surface area contributed by atoms with E-state index in [-0.39, 0.29) is 24.8 Å². The summed E-state index contributed by atoms with van der Waals surface area (Å²) < 4.78 is 6.83. The first-order valence-electron chi connectivity index (χ1n) is 6.51. The molecule has 0 aliphatic rings. The van der Waals surface area contributed by atoms with Gasteiger partial charge in [0.25, 0.3) is 0 Å². The molecular formula is C14H14ClN5O2S. The Bertz CT molecular complexity index is 711. The van der Waals surface area contributed by atoms with E-state index in [9.17, 15) is 4.79 Å². The molecule has 0 fully saturated rings. The Balaban J connectivity index is 1.87. The number of nitrogens with one attached hydrogen (secondary N) is 1. The van der Waals surface area contributed by atoms with Gasteiger partial charge in [-0.2, -0.15) is 0 Å². The number of ether oxygens (including phenoxy) is 1. The summed E-state index contributed by atoms with van der Waals surface area (Å²) in [6, 6.07) is 6.93. The maximum Gasteiger partial charge on any atom is 0.231 e. The summed E-state index contributed by atoms with van der Waals surface area (Å²) in [6.45, 7) is 0.337. The van der Waals surface area contributed by atoms with Gasteiger partial charge in [0, 0.05) is 5.02 Å². The van der Waals surface area contributed by atoms with Gasteiger partial charge in [-0.1, -0.05) is 29.3 Å². The van der Waals surface area contributed by atoms with E-state index in [2.05, 4.69) is 21.4 Å². The number of halogens is 1. The van der Waals surface area contributed by atoms with Crippen LogP contribution in [-0.4, -0.2) is 33.1 Å². The van der Waals surface area contributed by atoms with Gasteiger partial charge in [0.05, 0.1) is 12.3 Å². The van der Waals surface area contributed by atoms with Gasteiger partial charge in [0.2, 0.25) is 11.1 Å². The number of hydrogen-bond acceptors (Lipinski definition) is 6. The average molecular weight is 352 g/mol. The van der Waals surface area contributed by atoms with E-state index in [1.54, 1.807) is 24.3 Å². The van der Waals surface area contributed by atoms with E-state index in [0.29, 0.717) is 21.8 Å². The number of thioether (sulfide) groups is 1. The molecule has 0 saturated carbocycles. The van der Waals surface area contributed by atoms with Crippen LogP contribution in [0.4, 0.5) is 0 Å². The Morgan fingerprint density at radius 1 is 1.43 bits per heavy atom. The van der Waals surface area contributed by atoms with Gasteiger partial charge in [-0.15, -0.1) is 16.6 Å². The van der Waals surface area contributed by atoms with Crippen molar-refractivity contribution in [2.24, 2.45) is 0 Å². The van der Waals surface area contributed by atoms with Crippen LogP contribution in [0.15, 0.2) is 29.4 Å². The monoisotopic (exact) mass is 351 g/mol. The standard InChI is InChI=1S/C14H14ClN5O2S/c1-2-7-17-13(21)9-23-14-19-18-12(20(14)16)8-22-11-5-3-10(15)4-6-11/h1,3-6H,7-9,16H2,(H,17,21). The van der Waals surface area contributed by atoms with Gasteiger partial charge >= 0.3 is 0 Å². The Labute approximate surface area is 142 Å². The lowest BCUT2D eigenvalue weighted by Gasteiger charge is -2.06. The molecular weight excluding hydrogens is 338 g/mol. The molecule has 1 amide bonds. The smallest absolute Gasteiger partial charge is 0.231 e. The molecule has 7 nitrogen and oxygen atoms in total. The minimum atomic E-state index is -0.199. The highest BCUT2D eigenvalue weighted by atomic mass is 35.5. The second kappa shape index (κ2) is 8.31. The summed E-state index contributed by atoms with van der Waals surface area (Å²) in [5, 5.41) is 11.5. The molecule has 0 aliphatic carbocycles. The number of carbonyl (C=O) groups is 1. The van der Waals surface area contributed by atoms with Crippen molar-refractivity contribution in [1.29, 1.82) is 0 Å². The molecule has 120 valence electrons. The molecule has 9 heteroatoms. The number of hydrogen-bond donors (Lipinski definition) is 2. The number of aromatic nitrogens is 3. The number of terminal acetylenes is 1. The van der Waals surface area contributed by atoms with Crippen molar-refractivity contribution in [3.63, 3.8) is 0 Å². The van der Waals surface area contributed by atoms with Crippen LogP contribution in [0.2, 0.25) is 5.02 Å². The zero-order valence-corrected chi connectivity index (χ0v) is 13.6. The molecule has 23 heavy (non-hydrogen) atoms. The molecule has 0 radical (unpaired) electrons. The summed E-state index contributed by atoms with van der Waals surface area (Å²) in [5.74, 6) is 9.23. The number of nitrogen functional groups attached to an aromatic ring is 1. The van der Waals surface area contributed by atoms with Gasteiger partial charge in [-0.05, 0) is 24.3 Å². The molecule has 0 aliphatic heterocycles. The molecule has 1 heterocycles. The molecule has 3 N–H and O–H groups in total. The molecule has 1 aromatic heterocycles. The predicted octanol–water partition coefficient (Wildman–Crippen LogP) is 1.07. The number of amides is 1. The van der Waals surface area contributed by atoms with Crippen LogP contribution in [-0.2, 0) is 11.4 Å². The number of benzene rings is 1. The van der Waals surface area contributed by atoms with E-state index in [4.69, 9.17) is 28.6 Å². The minimum Gasteiger partial charge on any atom is -0.486 e. The summed E-state index contributed by atoms with van der Waals surface area (Å²) in [4.78, 5) is 11.5. The SMILES string of the molecule is C#CCNC(=O)CSc1nnc(COc2ccc(Cl)cc2)n1N. The minimum absolute atomic E-state index is 0.148. The fourth-order valence-corrected chi connectivity index (χ4v) is 2.34. The van der Waals surface area contributed by atoms with Crippen molar-refractivity contribution in [3.8, 4) is 18.1 Å². The number of nitrogens with zero attached hydrogens (tertiary/aromatic N) is 3. The van der Waals surface area contributed by atoms with Crippen LogP contribution in [0.3, 0.4) is 0 Å². The van der Waals surface area contributed by atoms with E-state index < -0.39 is 0 Å². The quantitative estimate of drug-likeness (QED) is 0.440. The van der Waals surface area contributed by atoms with Crippen LogP contribution >= 0.6 is 23.4 Å². The van der Waals surface area contributed by atoms with Crippen molar-refractivity contribution in [2.45, 2.75) is 11.8 Å². The molecule has 0 spiro atoms. The fourth-order valence-electron chi connectivity index (χ4n) is 1.51. The average Bonchev–Trinajstić information content (AvgIpc) is 2.90. The summed E-state index contributed by atoms with van der Waals surface area (Å²) >= 11 is 6.96. The highest BCUT2D eigenvalue weighted by molar-refractivity contribution is 7.99. The number of carbonyl (C=O) groups excluding carboxylic acids is 1. The summed E-state index contributed by atoms with van der Waals surface area (Å²) in [6.07, 6.45) is 5.06. The first-order valence-corrected chi connectivity index (χ1v) is 7.87. The van der Waals surface area contributed by atoms with Crippen molar-refractivity contribution in [2.75, 3.05) is 18.1 Å². The van der Waals surface area contributed by atoms with E-state index in [1.807, 2.05) is 0 Å². The lowest BCUT2D eigenvalue weighted by molar-refractivity contribution is -0.118. The predicted molar refractivity (Wildman–Crippen MR) is 88.5 cm³/mol. The number of nitrogens with two attached hydrogens (primary N) is 1. The maximum absolute atomic E-state index is 11.5. The third kappa shape index (κ3) is 5.09. The number of rotatable bonds is 7. The van der Waals surface area contributed by atoms with Crippen molar-refractivity contribution in [3.05, 3.63) is 35.1 Å². The first-order chi connectivity index (χ1) is 11.1. The Kier molecular flexibility index (Phi) is 6.14. The third-order valence-corrected chi connectivity index (χ3v) is 3.83. The molecule has 0 unspecified atom stereocenters. The topological polar surface area (TPSA) is 95.1 Å². The first kappa shape index (κ1) is 17.0. The zero-order valence-electron chi connectivity index (χ0n) is 12.0. The molecule has 0 atom stereocenters. The van der Waals surface area contributed by atoms with E-state index in [0.717, 1.165) is 11.8 Å². The van der Waals surface area contributed by atoms with Crippen LogP contribution < -0.4 is 15.9 Å². The highest BCUT2D eigenvalue weighted by Gasteiger charge is 2.12. The Morgan fingerprint density at radius 2 is 2.17 bits per heavy atom. The van der Waals surface area contributed by atoms with Gasteiger partial charge in [0.1, 0.15) is 12.4 Å². The largest absolute Gasteiger partial charge is 0.486 e. The third-order valence-electron chi connectivity index (χ3n) is 2.64. The van der Waals surface area contributed by atoms with Crippen LogP contribution in [0.25, 0.3) is 0 Å². The molecule has 1 aromatic carbocycles. The second-order valence-electron chi connectivity index (χ2n) is 4.28. The molecule has 0 bridgehead atoms. The van der Waals surface area contributed by atoms with Crippen molar-refractivity contribution in [1.82, 2.24) is 20.2 Å². The Morgan fingerprint density at radius 3 is 2.87 bits per heavy atom. The molecule has 2 rings (SSSR count). The Hall–Kier alpha value is -2.37. The summed E-state index contributed by atoms with van der Waals surface area (Å²) in [7, 11) is 0. The second-order valence-corrected chi connectivity index (χ2v) is 5.66. The summed E-state index contributed by atoms with van der Waals surface area (Å²) in [5.41, 5.74) is 0. The van der Waals surface area contributed by atoms with Gasteiger partial charge in [-0.3, -0.25) is 4.79 Å². The van der Waals surface area contributed by atoms with Crippen molar-refractivity contribution < 1.29 is 9.53 Å². The van der Waals surface area contributed by atoms with E-state index >= 15 is 0 Å². The van der Waals surface area contributed by atoms with Crippen molar-refractivity contribution >= 4 is 29.3 Å². The lowest BCUT2D eigenvalue weighted by Crippen LogP contribution is -2.25. The fraction of sp³-hybridized carbons (Fsp3) is 0.214. The zero-order chi connectivity index (χ0) is 16.7. The maximum atomic E-state index is 11.5. The molecule has 2 aromatic rings. The van der Waals surface area contributed by atoms with Gasteiger partial charge in [0.15, 0.2) is 5.82 Å². The van der Waals surface area contributed by atoms with E-state index in [1.165, 1.54) is 4.68 Å². The highest BCUT2D eigenvalue weighted by Crippen LogP contribution is 2.18. The lowest BCUT2D eigenvalue weighted by atomic mass is 10.3.